The van der Waals surface area contributed by atoms with Crippen LogP contribution in [0.4, 0.5) is 0 Å². The molecule has 2 nitrogen and oxygen atoms in total. The van der Waals surface area contributed by atoms with Gasteiger partial charge >= 0.3 is 0 Å². The van der Waals surface area contributed by atoms with Crippen LogP contribution in [0.1, 0.15) is 5.56 Å². The van der Waals surface area contributed by atoms with Gasteiger partial charge in [0.25, 0.3) is 0 Å². The first-order chi connectivity index (χ1) is 7.01. The van der Waals surface area contributed by atoms with Crippen LogP contribution < -0.4 is 4.74 Å². The molecule has 3 heteroatoms. The van der Waals surface area contributed by atoms with E-state index >= 15 is 0 Å². The molecule has 0 fully saturated rings. The molecule has 0 heterocycles. The highest BCUT2D eigenvalue weighted by molar-refractivity contribution is 6.69. The Bertz CT molecular complexity index is 311. The van der Waals surface area contributed by atoms with Gasteiger partial charge in [0.1, 0.15) is 5.75 Å². The van der Waals surface area contributed by atoms with Crippen LogP contribution in [0.5, 0.6) is 5.75 Å². The molecule has 1 rings (SSSR count). The van der Waals surface area contributed by atoms with Crippen molar-refractivity contribution in [3.63, 3.8) is 0 Å². The number of ether oxygens (including phenoxy) is 1. The Balaban J connectivity index is 2.41. The van der Waals surface area contributed by atoms with Crippen molar-refractivity contribution in [3.05, 3.63) is 36.4 Å². The van der Waals surface area contributed by atoms with Crippen molar-refractivity contribution in [1.82, 2.24) is 0 Å². The van der Waals surface area contributed by atoms with E-state index in [9.17, 15) is 0 Å². The van der Waals surface area contributed by atoms with Gasteiger partial charge < -0.3 is 9.16 Å². The van der Waals surface area contributed by atoms with Gasteiger partial charge in [-0.15, -0.1) is 0 Å². The molecule has 0 atom stereocenters. The van der Waals surface area contributed by atoms with Crippen LogP contribution in [-0.4, -0.2) is 15.1 Å². The third-order valence-corrected chi connectivity index (χ3v) is 2.82. The first kappa shape index (κ1) is 12.0. The molecule has 0 spiro atoms. The highest BCUT2D eigenvalue weighted by atomic mass is 28.4. The minimum atomic E-state index is -1.47. The number of hydrogen-bond donors (Lipinski definition) is 0. The summed E-state index contributed by atoms with van der Waals surface area (Å²) in [5, 5.41) is 0. The molecule has 0 aliphatic heterocycles. The summed E-state index contributed by atoms with van der Waals surface area (Å²) in [4.78, 5) is 0. The van der Waals surface area contributed by atoms with Crippen LogP contribution in [0.2, 0.25) is 19.6 Å². The van der Waals surface area contributed by atoms with Crippen molar-refractivity contribution >= 4 is 14.4 Å². The summed E-state index contributed by atoms with van der Waals surface area (Å²) < 4.78 is 11.0. The normalized spacial score (nSPS) is 11.1. The Kier molecular flexibility index (Phi) is 4.12. The van der Waals surface area contributed by atoms with E-state index < -0.39 is 8.32 Å². The van der Waals surface area contributed by atoms with E-state index in [0.717, 1.165) is 11.3 Å². The summed E-state index contributed by atoms with van der Waals surface area (Å²) in [5.41, 5.74) is 1.09. The molecule has 82 valence electrons. The van der Waals surface area contributed by atoms with Gasteiger partial charge in [-0.2, -0.15) is 0 Å². The third kappa shape index (κ3) is 4.81. The van der Waals surface area contributed by atoms with E-state index in [2.05, 4.69) is 26.2 Å². The average molecular weight is 222 g/mol. The zero-order chi connectivity index (χ0) is 11.3. The lowest BCUT2D eigenvalue weighted by Gasteiger charge is -2.17. The van der Waals surface area contributed by atoms with Crippen LogP contribution in [0.25, 0.3) is 6.08 Å². The minimum Gasteiger partial charge on any atom is -0.469 e. The fraction of sp³-hybridized carbons (Fsp3) is 0.333. The van der Waals surface area contributed by atoms with Crippen molar-refractivity contribution in [1.29, 1.82) is 0 Å². The topological polar surface area (TPSA) is 18.5 Å². The Morgan fingerprint density at radius 3 is 2.27 bits per heavy atom. The molecule has 1 aromatic carbocycles. The predicted octanol–water partition coefficient (Wildman–Crippen LogP) is 3.52. The van der Waals surface area contributed by atoms with Crippen LogP contribution >= 0.6 is 0 Å². The summed E-state index contributed by atoms with van der Waals surface area (Å²) in [6, 6.07) is 7.78. The molecule has 0 aromatic heterocycles. The second kappa shape index (κ2) is 5.14. The fourth-order valence-electron chi connectivity index (χ4n) is 0.974. The van der Waals surface area contributed by atoms with E-state index in [4.69, 9.17) is 9.16 Å². The fourth-order valence-corrected chi connectivity index (χ4v) is 1.39. The van der Waals surface area contributed by atoms with Gasteiger partial charge in [-0.1, -0.05) is 24.8 Å². The highest BCUT2D eigenvalue weighted by Crippen LogP contribution is 2.13. The molecular weight excluding hydrogens is 204 g/mol. The van der Waals surface area contributed by atoms with Crippen molar-refractivity contribution in [2.45, 2.75) is 19.6 Å². The average Bonchev–Trinajstić information content (AvgIpc) is 2.17. The van der Waals surface area contributed by atoms with Crippen molar-refractivity contribution in [2.24, 2.45) is 0 Å². The largest absolute Gasteiger partial charge is 0.469 e. The predicted molar refractivity (Wildman–Crippen MR) is 66.5 cm³/mol. The zero-order valence-electron chi connectivity index (χ0n) is 9.62. The molecule has 0 saturated heterocycles. The quantitative estimate of drug-likeness (QED) is 0.560. The van der Waals surface area contributed by atoms with Crippen LogP contribution in [0.3, 0.4) is 0 Å². The second-order valence-corrected chi connectivity index (χ2v) is 8.81. The van der Waals surface area contributed by atoms with Gasteiger partial charge in [0.05, 0.1) is 0 Å². The van der Waals surface area contributed by atoms with Crippen molar-refractivity contribution in [2.75, 3.05) is 6.79 Å². The summed E-state index contributed by atoms with van der Waals surface area (Å²) in [7, 11) is -1.47. The van der Waals surface area contributed by atoms with Crippen LogP contribution in [-0.2, 0) is 4.43 Å². The molecule has 1 aromatic rings. The molecule has 0 radical (unpaired) electrons. The number of rotatable bonds is 5. The molecule has 0 bridgehead atoms. The summed E-state index contributed by atoms with van der Waals surface area (Å²) >= 11 is 0. The monoisotopic (exact) mass is 222 g/mol. The first-order valence-electron chi connectivity index (χ1n) is 5.00. The maximum absolute atomic E-state index is 5.59. The molecule has 0 N–H and O–H groups in total. The maximum atomic E-state index is 5.59. The zero-order valence-corrected chi connectivity index (χ0v) is 10.6. The van der Waals surface area contributed by atoms with E-state index in [1.807, 2.05) is 30.3 Å². The Morgan fingerprint density at radius 1 is 1.20 bits per heavy atom. The van der Waals surface area contributed by atoms with E-state index in [0.29, 0.717) is 6.79 Å². The molecule has 15 heavy (non-hydrogen) atoms. The van der Waals surface area contributed by atoms with E-state index in [-0.39, 0.29) is 0 Å². The maximum Gasteiger partial charge on any atom is 0.188 e. The van der Waals surface area contributed by atoms with Gasteiger partial charge in [-0.3, -0.25) is 0 Å². The van der Waals surface area contributed by atoms with E-state index in [1.54, 1.807) is 0 Å². The molecule has 0 saturated carbocycles. The summed E-state index contributed by atoms with van der Waals surface area (Å²) in [6.07, 6.45) is 1.81. The van der Waals surface area contributed by atoms with Gasteiger partial charge in [0.15, 0.2) is 15.1 Å². The van der Waals surface area contributed by atoms with Gasteiger partial charge in [0, 0.05) is 0 Å². The molecule has 0 amide bonds. The molecule has 0 unspecified atom stereocenters. The lowest BCUT2D eigenvalue weighted by atomic mass is 10.2. The third-order valence-electron chi connectivity index (χ3n) is 1.83. The van der Waals surface area contributed by atoms with Gasteiger partial charge in [-0.05, 0) is 37.3 Å². The van der Waals surface area contributed by atoms with Crippen molar-refractivity contribution < 1.29 is 9.16 Å². The van der Waals surface area contributed by atoms with Crippen LogP contribution in [0.15, 0.2) is 30.8 Å². The Labute approximate surface area is 92.7 Å². The van der Waals surface area contributed by atoms with Crippen LogP contribution in [0, 0.1) is 0 Å². The second-order valence-electron chi connectivity index (χ2n) is 4.29. The number of hydrogen-bond acceptors (Lipinski definition) is 2. The van der Waals surface area contributed by atoms with Crippen molar-refractivity contribution in [3.8, 4) is 5.75 Å². The lowest BCUT2D eigenvalue weighted by Crippen LogP contribution is -2.27. The first-order valence-corrected chi connectivity index (χ1v) is 8.41. The Hall–Kier alpha value is -1.06. The minimum absolute atomic E-state index is 0.336. The SMILES string of the molecule is C=Cc1ccc(OCO[Si](C)(C)C)cc1. The lowest BCUT2D eigenvalue weighted by molar-refractivity contribution is 0.114. The molecular formula is C12H18O2Si. The molecule has 0 aliphatic carbocycles. The number of benzene rings is 1. The van der Waals surface area contributed by atoms with Gasteiger partial charge in [-0.25, -0.2) is 0 Å². The Morgan fingerprint density at radius 2 is 1.80 bits per heavy atom. The standard InChI is InChI=1S/C12H18O2Si/c1-5-11-6-8-12(9-7-11)13-10-14-15(2,3)4/h5-9H,1,10H2,2-4H3. The molecule has 0 aliphatic rings. The van der Waals surface area contributed by atoms with Gasteiger partial charge in [0.2, 0.25) is 0 Å². The summed E-state index contributed by atoms with van der Waals surface area (Å²) in [5.74, 6) is 0.832. The smallest absolute Gasteiger partial charge is 0.188 e. The highest BCUT2D eigenvalue weighted by Gasteiger charge is 2.13. The van der Waals surface area contributed by atoms with E-state index in [1.165, 1.54) is 0 Å². The summed E-state index contributed by atoms with van der Waals surface area (Å²) in [6.45, 7) is 10.4.